The fraction of sp³-hybridized carbons (Fsp3) is 0.417. The summed E-state index contributed by atoms with van der Waals surface area (Å²) in [4.78, 5) is 18.9. The molecule has 0 bridgehead atoms. The van der Waals surface area contributed by atoms with Crippen molar-refractivity contribution in [3.63, 3.8) is 0 Å². The third-order valence-electron chi connectivity index (χ3n) is 5.32. The molecule has 1 aliphatic rings. The second kappa shape index (κ2) is 8.57. The molecular weight excluding hydrogens is 397 g/mol. The van der Waals surface area contributed by atoms with Gasteiger partial charge >= 0.3 is 6.09 Å². The fourth-order valence-electron chi connectivity index (χ4n) is 3.85. The molecule has 1 saturated heterocycles. The number of carbonyl (C=O) groups excluding carboxylic acids is 1. The molecule has 0 N–H and O–H groups in total. The highest BCUT2D eigenvalue weighted by Crippen LogP contribution is 2.26. The van der Waals surface area contributed by atoms with Crippen LogP contribution in [0.1, 0.15) is 39.2 Å². The summed E-state index contributed by atoms with van der Waals surface area (Å²) in [6.07, 6.45) is 1.42. The van der Waals surface area contributed by atoms with Gasteiger partial charge in [0.05, 0.1) is 23.6 Å². The third-order valence-corrected chi connectivity index (χ3v) is 5.32. The SMILES string of the molecule is CC(C)(C)OC(=O)N1CCC[C@H]1COc1nc2ccccc2n1Cc1ccccc1F. The Kier molecular flexibility index (Phi) is 5.85. The van der Waals surface area contributed by atoms with Crippen molar-refractivity contribution in [2.45, 2.75) is 51.8 Å². The number of hydrogen-bond acceptors (Lipinski definition) is 4. The fourth-order valence-corrected chi connectivity index (χ4v) is 3.85. The zero-order valence-electron chi connectivity index (χ0n) is 18.2. The molecule has 1 amide bonds. The van der Waals surface area contributed by atoms with Gasteiger partial charge in [-0.3, -0.25) is 4.57 Å². The molecule has 0 spiro atoms. The lowest BCUT2D eigenvalue weighted by molar-refractivity contribution is 0.0183. The van der Waals surface area contributed by atoms with Crippen molar-refractivity contribution >= 4 is 17.1 Å². The summed E-state index contributed by atoms with van der Waals surface area (Å²) in [6.45, 7) is 6.84. The van der Waals surface area contributed by atoms with Crippen molar-refractivity contribution in [2.75, 3.05) is 13.2 Å². The van der Waals surface area contributed by atoms with E-state index in [0.29, 0.717) is 31.3 Å². The molecule has 1 fully saturated rings. The zero-order chi connectivity index (χ0) is 22.0. The monoisotopic (exact) mass is 425 g/mol. The van der Waals surface area contributed by atoms with Crippen LogP contribution in [0, 0.1) is 5.82 Å². The topological polar surface area (TPSA) is 56.6 Å². The highest BCUT2D eigenvalue weighted by Gasteiger charge is 2.33. The van der Waals surface area contributed by atoms with Crippen LogP contribution in [0.5, 0.6) is 6.01 Å². The van der Waals surface area contributed by atoms with Crippen LogP contribution in [-0.4, -0.2) is 45.3 Å². The van der Waals surface area contributed by atoms with E-state index in [2.05, 4.69) is 4.98 Å². The molecule has 1 atom stereocenters. The Bertz CT molecular complexity index is 1070. The molecule has 4 rings (SSSR count). The number of amides is 1. The summed E-state index contributed by atoms with van der Waals surface area (Å²) >= 11 is 0. The maximum absolute atomic E-state index is 14.3. The number of ether oxygens (including phenoxy) is 2. The second-order valence-electron chi connectivity index (χ2n) is 8.84. The number of likely N-dealkylation sites (tertiary alicyclic amines) is 1. The van der Waals surface area contributed by atoms with Gasteiger partial charge in [0.25, 0.3) is 6.01 Å². The Morgan fingerprint density at radius 2 is 1.90 bits per heavy atom. The number of fused-ring (bicyclic) bond motifs is 1. The van der Waals surface area contributed by atoms with Gasteiger partial charge in [0.2, 0.25) is 0 Å². The number of carbonyl (C=O) groups is 1. The van der Waals surface area contributed by atoms with Gasteiger partial charge < -0.3 is 14.4 Å². The molecule has 7 heteroatoms. The van der Waals surface area contributed by atoms with Crippen LogP contribution in [0.25, 0.3) is 11.0 Å². The smallest absolute Gasteiger partial charge is 0.410 e. The molecule has 0 radical (unpaired) electrons. The van der Waals surface area contributed by atoms with Gasteiger partial charge in [0, 0.05) is 12.1 Å². The Hall–Kier alpha value is -3.09. The Balaban J connectivity index is 1.54. The van der Waals surface area contributed by atoms with Crippen molar-refractivity contribution in [1.82, 2.24) is 14.5 Å². The minimum absolute atomic E-state index is 0.0865. The van der Waals surface area contributed by atoms with Crippen LogP contribution in [0.15, 0.2) is 48.5 Å². The van der Waals surface area contributed by atoms with Gasteiger partial charge in [-0.15, -0.1) is 0 Å². The zero-order valence-corrected chi connectivity index (χ0v) is 18.2. The van der Waals surface area contributed by atoms with Gasteiger partial charge in [0.15, 0.2) is 0 Å². The average Bonchev–Trinajstić information content (AvgIpc) is 3.32. The number of rotatable bonds is 5. The van der Waals surface area contributed by atoms with Gasteiger partial charge in [0.1, 0.15) is 18.0 Å². The molecular formula is C24H28FN3O3. The third kappa shape index (κ3) is 4.81. The van der Waals surface area contributed by atoms with Gasteiger partial charge in [-0.1, -0.05) is 30.3 Å². The van der Waals surface area contributed by atoms with E-state index in [9.17, 15) is 9.18 Å². The predicted octanol–water partition coefficient (Wildman–Crippen LogP) is 5.00. The van der Waals surface area contributed by atoms with E-state index in [1.54, 1.807) is 17.0 Å². The number of para-hydroxylation sites is 2. The number of imidazole rings is 1. The summed E-state index contributed by atoms with van der Waals surface area (Å²) in [7, 11) is 0. The van der Waals surface area contributed by atoms with E-state index in [4.69, 9.17) is 9.47 Å². The van der Waals surface area contributed by atoms with E-state index in [-0.39, 0.29) is 18.0 Å². The summed E-state index contributed by atoms with van der Waals surface area (Å²) in [5, 5.41) is 0. The summed E-state index contributed by atoms with van der Waals surface area (Å²) < 4.78 is 27.8. The van der Waals surface area contributed by atoms with Crippen LogP contribution in [0.2, 0.25) is 0 Å². The molecule has 2 aromatic carbocycles. The van der Waals surface area contributed by atoms with Gasteiger partial charge in [-0.25, -0.2) is 9.18 Å². The van der Waals surface area contributed by atoms with E-state index >= 15 is 0 Å². The maximum atomic E-state index is 14.3. The van der Waals surface area contributed by atoms with Crippen molar-refractivity contribution in [2.24, 2.45) is 0 Å². The Morgan fingerprint density at radius 3 is 2.68 bits per heavy atom. The molecule has 0 unspecified atom stereocenters. The van der Waals surface area contributed by atoms with Crippen molar-refractivity contribution < 1.29 is 18.7 Å². The van der Waals surface area contributed by atoms with E-state index < -0.39 is 5.60 Å². The Morgan fingerprint density at radius 1 is 1.16 bits per heavy atom. The largest absolute Gasteiger partial charge is 0.462 e. The molecule has 3 aromatic rings. The maximum Gasteiger partial charge on any atom is 0.410 e. The molecule has 2 heterocycles. The molecule has 31 heavy (non-hydrogen) atoms. The second-order valence-corrected chi connectivity index (χ2v) is 8.84. The van der Waals surface area contributed by atoms with Crippen molar-refractivity contribution in [3.8, 4) is 6.01 Å². The molecule has 6 nitrogen and oxygen atoms in total. The summed E-state index contributed by atoms with van der Waals surface area (Å²) in [5.74, 6) is -0.266. The number of halogens is 1. The average molecular weight is 426 g/mol. The van der Waals surface area contributed by atoms with E-state index in [1.165, 1.54) is 6.07 Å². The summed E-state index contributed by atoms with van der Waals surface area (Å²) in [5.41, 5.74) is 1.67. The highest BCUT2D eigenvalue weighted by molar-refractivity contribution is 5.76. The lowest BCUT2D eigenvalue weighted by Gasteiger charge is -2.28. The first-order valence-corrected chi connectivity index (χ1v) is 10.6. The van der Waals surface area contributed by atoms with E-state index in [1.807, 2.05) is 55.7 Å². The van der Waals surface area contributed by atoms with Crippen LogP contribution >= 0.6 is 0 Å². The molecule has 164 valence electrons. The summed E-state index contributed by atoms with van der Waals surface area (Å²) in [6, 6.07) is 14.7. The highest BCUT2D eigenvalue weighted by atomic mass is 19.1. The first kappa shape index (κ1) is 21.2. The standard InChI is InChI=1S/C24H28FN3O3/c1-24(2,3)31-23(29)27-14-8-10-18(27)16-30-22-26-20-12-6-7-13-21(20)28(22)15-17-9-4-5-11-19(17)25/h4-7,9,11-13,18H,8,10,14-16H2,1-3H3/t18-/m0/s1. The first-order chi connectivity index (χ1) is 14.8. The minimum atomic E-state index is -0.543. The Labute approximate surface area is 181 Å². The minimum Gasteiger partial charge on any atom is -0.462 e. The molecule has 1 aliphatic heterocycles. The van der Waals surface area contributed by atoms with E-state index in [0.717, 1.165) is 23.9 Å². The van der Waals surface area contributed by atoms with Crippen molar-refractivity contribution in [1.29, 1.82) is 0 Å². The van der Waals surface area contributed by atoms with Crippen LogP contribution < -0.4 is 4.74 Å². The van der Waals surface area contributed by atoms with Gasteiger partial charge in [-0.05, 0) is 51.8 Å². The number of benzene rings is 2. The number of nitrogens with zero attached hydrogens (tertiary/aromatic N) is 3. The first-order valence-electron chi connectivity index (χ1n) is 10.6. The lowest BCUT2D eigenvalue weighted by atomic mass is 10.2. The number of hydrogen-bond donors (Lipinski definition) is 0. The van der Waals surface area contributed by atoms with Crippen LogP contribution in [0.3, 0.4) is 0 Å². The normalized spacial score (nSPS) is 16.6. The number of aromatic nitrogens is 2. The molecule has 0 saturated carbocycles. The predicted molar refractivity (Wildman–Crippen MR) is 117 cm³/mol. The van der Waals surface area contributed by atoms with Crippen LogP contribution in [0.4, 0.5) is 9.18 Å². The van der Waals surface area contributed by atoms with Crippen molar-refractivity contribution in [3.05, 3.63) is 59.9 Å². The van der Waals surface area contributed by atoms with Crippen LogP contribution in [-0.2, 0) is 11.3 Å². The molecule has 1 aromatic heterocycles. The quantitative estimate of drug-likeness (QED) is 0.577. The lowest BCUT2D eigenvalue weighted by Crippen LogP contribution is -2.42. The molecule has 0 aliphatic carbocycles. The van der Waals surface area contributed by atoms with Gasteiger partial charge in [-0.2, -0.15) is 4.98 Å².